The minimum atomic E-state index is -4.43. The van der Waals surface area contributed by atoms with Crippen molar-refractivity contribution in [1.29, 1.82) is 0 Å². The Morgan fingerprint density at radius 3 is 2.33 bits per heavy atom. The number of ether oxygens (including phenoxy) is 1. The molecule has 0 saturated carbocycles. The fourth-order valence-electron chi connectivity index (χ4n) is 3.66. The molecule has 1 fully saturated rings. The third kappa shape index (κ3) is 6.11. The number of nitrogens with one attached hydrogen (secondary N) is 2. The molecule has 1 unspecified atom stereocenters. The standard InChI is InChI=1S/C22H26F3N3O4S/c1-15-3-8-18(33(30,31)26-2)13-19(15)21(29)27-14-20(28-9-11-32-12-10-28)16-4-6-17(7-5-16)22(23,24)25/h3-8,13,20,26H,9-12,14H2,1-2H3,(H,27,29). The highest BCUT2D eigenvalue weighted by atomic mass is 32.2. The van der Waals surface area contributed by atoms with Crippen LogP contribution in [0, 0.1) is 6.92 Å². The van der Waals surface area contributed by atoms with Crippen LogP contribution in [-0.2, 0) is 20.9 Å². The number of carbonyl (C=O) groups is 1. The van der Waals surface area contributed by atoms with Gasteiger partial charge in [-0.3, -0.25) is 9.69 Å². The predicted molar refractivity (Wildman–Crippen MR) is 116 cm³/mol. The average molecular weight is 486 g/mol. The van der Waals surface area contributed by atoms with Gasteiger partial charge in [0, 0.05) is 25.2 Å². The molecule has 0 radical (unpaired) electrons. The molecule has 11 heteroatoms. The van der Waals surface area contributed by atoms with Crippen molar-refractivity contribution in [2.45, 2.75) is 24.0 Å². The minimum Gasteiger partial charge on any atom is -0.379 e. The van der Waals surface area contributed by atoms with Crippen LogP contribution in [0.25, 0.3) is 0 Å². The van der Waals surface area contributed by atoms with Gasteiger partial charge >= 0.3 is 6.18 Å². The van der Waals surface area contributed by atoms with E-state index in [1.807, 2.05) is 4.90 Å². The minimum absolute atomic E-state index is 0.0341. The summed E-state index contributed by atoms with van der Waals surface area (Å²) in [7, 11) is -2.44. The highest BCUT2D eigenvalue weighted by molar-refractivity contribution is 7.89. The zero-order valence-electron chi connectivity index (χ0n) is 18.3. The van der Waals surface area contributed by atoms with Gasteiger partial charge in [-0.2, -0.15) is 13.2 Å². The number of amides is 1. The van der Waals surface area contributed by atoms with Gasteiger partial charge in [0.1, 0.15) is 0 Å². The molecule has 2 N–H and O–H groups in total. The number of carbonyl (C=O) groups excluding carboxylic acids is 1. The van der Waals surface area contributed by atoms with E-state index in [0.717, 1.165) is 12.1 Å². The van der Waals surface area contributed by atoms with E-state index in [9.17, 15) is 26.4 Å². The van der Waals surface area contributed by atoms with Crippen LogP contribution < -0.4 is 10.0 Å². The summed E-state index contributed by atoms with van der Waals surface area (Å²) in [6.45, 7) is 3.92. The first-order valence-electron chi connectivity index (χ1n) is 10.3. The van der Waals surface area contributed by atoms with Crippen LogP contribution in [0.1, 0.15) is 33.1 Å². The van der Waals surface area contributed by atoms with Gasteiger partial charge in [-0.05, 0) is 49.4 Å². The SMILES string of the molecule is CNS(=O)(=O)c1ccc(C)c(C(=O)NCC(c2ccc(C(F)(F)F)cc2)N2CCOCC2)c1. The van der Waals surface area contributed by atoms with Crippen molar-refractivity contribution in [2.75, 3.05) is 39.9 Å². The lowest BCUT2D eigenvalue weighted by Gasteiger charge is -2.35. The number of sulfonamides is 1. The molecule has 1 atom stereocenters. The molecular weight excluding hydrogens is 459 g/mol. The largest absolute Gasteiger partial charge is 0.416 e. The Balaban J connectivity index is 1.83. The Hall–Kier alpha value is -2.47. The van der Waals surface area contributed by atoms with Crippen LogP contribution >= 0.6 is 0 Å². The molecule has 7 nitrogen and oxygen atoms in total. The fourth-order valence-corrected chi connectivity index (χ4v) is 4.41. The van der Waals surface area contributed by atoms with Gasteiger partial charge in [0.05, 0.1) is 29.7 Å². The number of morpholine rings is 1. The number of aryl methyl sites for hydroxylation is 1. The maximum Gasteiger partial charge on any atom is 0.416 e. The maximum absolute atomic E-state index is 13.0. The van der Waals surface area contributed by atoms with Crippen molar-refractivity contribution in [3.63, 3.8) is 0 Å². The third-order valence-electron chi connectivity index (χ3n) is 5.60. The zero-order chi connectivity index (χ0) is 24.2. The molecule has 0 bridgehead atoms. The topological polar surface area (TPSA) is 87.7 Å². The molecule has 1 heterocycles. The summed E-state index contributed by atoms with van der Waals surface area (Å²) in [4.78, 5) is 14.9. The zero-order valence-corrected chi connectivity index (χ0v) is 19.1. The van der Waals surface area contributed by atoms with Gasteiger partial charge in [-0.1, -0.05) is 18.2 Å². The quantitative estimate of drug-likeness (QED) is 0.630. The summed E-state index contributed by atoms with van der Waals surface area (Å²) in [6, 6.07) is 8.79. The van der Waals surface area contributed by atoms with Crippen LogP contribution in [-0.4, -0.2) is 59.1 Å². The van der Waals surface area contributed by atoms with Gasteiger partial charge in [0.2, 0.25) is 10.0 Å². The van der Waals surface area contributed by atoms with E-state index in [0.29, 0.717) is 37.4 Å². The van der Waals surface area contributed by atoms with E-state index in [4.69, 9.17) is 4.74 Å². The fraction of sp³-hybridized carbons (Fsp3) is 0.409. The van der Waals surface area contributed by atoms with Crippen molar-refractivity contribution in [1.82, 2.24) is 14.9 Å². The van der Waals surface area contributed by atoms with Crippen LogP contribution in [0.15, 0.2) is 47.4 Å². The second-order valence-electron chi connectivity index (χ2n) is 7.68. The van der Waals surface area contributed by atoms with E-state index in [1.165, 1.54) is 31.3 Å². The Morgan fingerprint density at radius 2 is 1.76 bits per heavy atom. The molecule has 2 aromatic rings. The number of benzene rings is 2. The molecule has 1 aliphatic heterocycles. The molecular formula is C22H26F3N3O4S. The summed E-state index contributed by atoms with van der Waals surface area (Å²) in [6.07, 6.45) is -4.43. The second kappa shape index (κ2) is 10.2. The highest BCUT2D eigenvalue weighted by Gasteiger charge is 2.31. The summed E-state index contributed by atoms with van der Waals surface area (Å²) >= 11 is 0. The Labute approximate surface area is 191 Å². The van der Waals surface area contributed by atoms with Crippen molar-refractivity contribution >= 4 is 15.9 Å². The van der Waals surface area contributed by atoms with Gasteiger partial charge in [-0.15, -0.1) is 0 Å². The average Bonchev–Trinajstić information content (AvgIpc) is 2.79. The number of rotatable bonds is 7. The first-order chi connectivity index (χ1) is 15.5. The summed E-state index contributed by atoms with van der Waals surface area (Å²) in [5.41, 5.74) is 0.696. The van der Waals surface area contributed by atoms with E-state index in [-0.39, 0.29) is 23.0 Å². The molecule has 0 aromatic heterocycles. The Morgan fingerprint density at radius 1 is 1.12 bits per heavy atom. The molecule has 3 rings (SSSR count). The summed E-state index contributed by atoms with van der Waals surface area (Å²) in [5, 5.41) is 2.82. The van der Waals surface area contributed by atoms with E-state index in [2.05, 4.69) is 10.0 Å². The first-order valence-corrected chi connectivity index (χ1v) is 11.8. The maximum atomic E-state index is 13.0. The Kier molecular flexibility index (Phi) is 7.78. The van der Waals surface area contributed by atoms with Gasteiger partial charge in [-0.25, -0.2) is 13.1 Å². The molecule has 1 amide bonds. The van der Waals surface area contributed by atoms with Crippen molar-refractivity contribution < 1.29 is 31.1 Å². The van der Waals surface area contributed by atoms with E-state index < -0.39 is 27.7 Å². The second-order valence-corrected chi connectivity index (χ2v) is 9.56. The lowest BCUT2D eigenvalue weighted by atomic mass is 10.0. The molecule has 33 heavy (non-hydrogen) atoms. The Bertz CT molecular complexity index is 1080. The van der Waals surface area contributed by atoms with Crippen LogP contribution in [0.4, 0.5) is 13.2 Å². The normalized spacial score (nSPS) is 16.4. The molecule has 0 aliphatic carbocycles. The summed E-state index contributed by atoms with van der Waals surface area (Å²) in [5.74, 6) is -0.467. The molecule has 0 spiro atoms. The van der Waals surface area contributed by atoms with Crippen LogP contribution in [0.5, 0.6) is 0 Å². The first kappa shape index (κ1) is 25.2. The number of hydrogen-bond donors (Lipinski definition) is 2. The van der Waals surface area contributed by atoms with Crippen LogP contribution in [0.3, 0.4) is 0 Å². The third-order valence-corrected chi connectivity index (χ3v) is 7.01. The summed E-state index contributed by atoms with van der Waals surface area (Å²) < 4.78 is 70.7. The van der Waals surface area contributed by atoms with Crippen molar-refractivity contribution in [3.05, 3.63) is 64.7 Å². The van der Waals surface area contributed by atoms with Crippen LogP contribution in [0.2, 0.25) is 0 Å². The van der Waals surface area contributed by atoms with Crippen molar-refractivity contribution in [2.24, 2.45) is 0 Å². The molecule has 2 aromatic carbocycles. The monoisotopic (exact) mass is 485 g/mol. The van der Waals surface area contributed by atoms with E-state index >= 15 is 0 Å². The number of alkyl halides is 3. The molecule has 1 aliphatic rings. The smallest absolute Gasteiger partial charge is 0.379 e. The highest BCUT2D eigenvalue weighted by Crippen LogP contribution is 2.31. The van der Waals surface area contributed by atoms with Crippen molar-refractivity contribution in [3.8, 4) is 0 Å². The molecule has 180 valence electrons. The number of nitrogens with zero attached hydrogens (tertiary/aromatic N) is 1. The van der Waals surface area contributed by atoms with Gasteiger partial charge in [0.25, 0.3) is 5.91 Å². The predicted octanol–water partition coefficient (Wildman–Crippen LogP) is 2.73. The lowest BCUT2D eigenvalue weighted by Crippen LogP contribution is -2.44. The number of halogens is 3. The lowest BCUT2D eigenvalue weighted by molar-refractivity contribution is -0.137. The van der Waals surface area contributed by atoms with Gasteiger partial charge < -0.3 is 10.1 Å². The molecule has 1 saturated heterocycles. The van der Waals surface area contributed by atoms with E-state index in [1.54, 1.807) is 13.0 Å². The number of hydrogen-bond acceptors (Lipinski definition) is 5. The van der Waals surface area contributed by atoms with Gasteiger partial charge in [0.15, 0.2) is 0 Å².